The summed E-state index contributed by atoms with van der Waals surface area (Å²) >= 11 is 0. The highest BCUT2D eigenvalue weighted by molar-refractivity contribution is 5.95. The molecule has 6 heteroatoms. The predicted molar refractivity (Wildman–Crippen MR) is 61.3 cm³/mol. The zero-order valence-corrected chi connectivity index (χ0v) is 10.9. The van der Waals surface area contributed by atoms with Gasteiger partial charge in [-0.3, -0.25) is 14.5 Å². The monoisotopic (exact) mass is 247 g/mol. The van der Waals surface area contributed by atoms with E-state index in [-0.39, 0.29) is 18.6 Å². The van der Waals surface area contributed by atoms with E-state index in [0.29, 0.717) is 13.2 Å². The first-order valence-corrected chi connectivity index (χ1v) is 5.48. The van der Waals surface area contributed by atoms with E-state index in [1.165, 1.54) is 14.2 Å². The Balaban J connectivity index is 3.87. The maximum atomic E-state index is 11.4. The van der Waals surface area contributed by atoms with Gasteiger partial charge in [-0.15, -0.1) is 0 Å². The number of carbonyl (C=O) groups excluding carboxylic acids is 2. The van der Waals surface area contributed by atoms with Gasteiger partial charge in [0.2, 0.25) is 6.41 Å². The Morgan fingerprint density at radius 1 is 1.24 bits per heavy atom. The summed E-state index contributed by atoms with van der Waals surface area (Å²) in [5, 5.41) is 0. The Morgan fingerprint density at radius 2 is 1.82 bits per heavy atom. The zero-order chi connectivity index (χ0) is 13.3. The van der Waals surface area contributed by atoms with Gasteiger partial charge >= 0.3 is 5.97 Å². The molecule has 0 N–H and O–H groups in total. The highest BCUT2D eigenvalue weighted by atomic mass is 16.7. The fourth-order valence-corrected chi connectivity index (χ4v) is 1.32. The number of rotatable bonds is 9. The third-order valence-electron chi connectivity index (χ3n) is 2.15. The van der Waals surface area contributed by atoms with Gasteiger partial charge in [-0.25, -0.2) is 0 Å². The van der Waals surface area contributed by atoms with Gasteiger partial charge in [0.05, 0.1) is 6.61 Å². The third-order valence-corrected chi connectivity index (χ3v) is 2.15. The van der Waals surface area contributed by atoms with Gasteiger partial charge < -0.3 is 14.2 Å². The van der Waals surface area contributed by atoms with Gasteiger partial charge in [-0.05, 0) is 14.0 Å². The Hall–Kier alpha value is -0.980. The lowest BCUT2D eigenvalue weighted by atomic mass is 10.2. The molecule has 6 nitrogen and oxygen atoms in total. The van der Waals surface area contributed by atoms with Gasteiger partial charge in [0, 0.05) is 27.2 Å². The van der Waals surface area contributed by atoms with Crippen LogP contribution in [0.2, 0.25) is 0 Å². The number of esters is 1. The van der Waals surface area contributed by atoms with Crippen LogP contribution in [-0.2, 0) is 23.8 Å². The molecule has 0 atom stereocenters. The van der Waals surface area contributed by atoms with Crippen LogP contribution in [0.1, 0.15) is 19.8 Å². The van der Waals surface area contributed by atoms with Crippen molar-refractivity contribution in [2.24, 2.45) is 0 Å². The minimum Gasteiger partial charge on any atom is -0.466 e. The van der Waals surface area contributed by atoms with Gasteiger partial charge in [0.1, 0.15) is 12.2 Å². The summed E-state index contributed by atoms with van der Waals surface area (Å²) in [4.78, 5) is 24.2. The van der Waals surface area contributed by atoms with E-state index in [9.17, 15) is 9.59 Å². The summed E-state index contributed by atoms with van der Waals surface area (Å²) < 4.78 is 14.7. The molecule has 0 aromatic rings. The molecule has 0 aliphatic carbocycles. The molecule has 0 aliphatic rings. The second kappa shape index (κ2) is 9.09. The number of hydrogen-bond donors (Lipinski definition) is 0. The van der Waals surface area contributed by atoms with E-state index in [1.807, 2.05) is 0 Å². The van der Waals surface area contributed by atoms with Crippen LogP contribution in [0.3, 0.4) is 0 Å². The van der Waals surface area contributed by atoms with Crippen molar-refractivity contribution in [1.29, 1.82) is 0 Å². The molecule has 0 rings (SSSR count). The number of carbonyl (C=O) groups is 2. The van der Waals surface area contributed by atoms with Crippen molar-refractivity contribution >= 4 is 11.8 Å². The summed E-state index contributed by atoms with van der Waals surface area (Å²) in [5.41, 5.74) is 0. The molecule has 0 saturated carbocycles. The van der Waals surface area contributed by atoms with Crippen LogP contribution in [0.5, 0.6) is 0 Å². The standard InChI is InChI=1S/C11H21NO5/c1-5-17-10(14)8-9(13)6-7-12(2)11(15-3)16-4/h11H,5-8H2,1-4H3. The lowest BCUT2D eigenvalue weighted by Crippen LogP contribution is -2.36. The number of nitrogens with zero attached hydrogens (tertiary/aromatic N) is 1. The molecule has 0 amide bonds. The maximum absolute atomic E-state index is 11.4. The predicted octanol–water partition coefficient (Wildman–Crippen LogP) is 0.407. The van der Waals surface area contributed by atoms with Crippen molar-refractivity contribution < 1.29 is 23.8 Å². The van der Waals surface area contributed by atoms with E-state index in [2.05, 4.69) is 4.74 Å². The molecule has 0 aromatic heterocycles. The number of hydrogen-bond acceptors (Lipinski definition) is 6. The van der Waals surface area contributed by atoms with Crippen LogP contribution in [0.25, 0.3) is 0 Å². The minimum absolute atomic E-state index is 0.152. The Morgan fingerprint density at radius 3 is 2.29 bits per heavy atom. The van der Waals surface area contributed by atoms with Gasteiger partial charge in [0.15, 0.2) is 0 Å². The fourth-order valence-electron chi connectivity index (χ4n) is 1.32. The first-order chi connectivity index (χ1) is 8.04. The first-order valence-electron chi connectivity index (χ1n) is 5.48. The van der Waals surface area contributed by atoms with Crippen molar-refractivity contribution in [2.45, 2.75) is 26.2 Å². The Labute approximate surface area is 102 Å². The van der Waals surface area contributed by atoms with E-state index >= 15 is 0 Å². The van der Waals surface area contributed by atoms with Crippen LogP contribution >= 0.6 is 0 Å². The second-order valence-electron chi connectivity index (χ2n) is 3.53. The van der Waals surface area contributed by atoms with Crippen LogP contribution in [0.15, 0.2) is 0 Å². The van der Waals surface area contributed by atoms with Crippen molar-refractivity contribution in [3.05, 3.63) is 0 Å². The van der Waals surface area contributed by atoms with E-state index < -0.39 is 12.4 Å². The van der Waals surface area contributed by atoms with Crippen LogP contribution in [0, 0.1) is 0 Å². The summed E-state index contributed by atoms with van der Waals surface area (Å²) in [7, 11) is 4.81. The topological polar surface area (TPSA) is 65.1 Å². The number of methoxy groups -OCH3 is 2. The summed E-state index contributed by atoms with van der Waals surface area (Å²) in [6.07, 6.45) is -0.393. The number of ether oxygens (including phenoxy) is 3. The van der Waals surface area contributed by atoms with Gasteiger partial charge in [-0.1, -0.05) is 0 Å². The summed E-state index contributed by atoms with van der Waals surface area (Å²) in [6, 6.07) is 0. The second-order valence-corrected chi connectivity index (χ2v) is 3.53. The van der Waals surface area contributed by atoms with Crippen molar-refractivity contribution in [1.82, 2.24) is 4.90 Å². The molecule has 0 spiro atoms. The quantitative estimate of drug-likeness (QED) is 0.334. The van der Waals surface area contributed by atoms with Crippen LogP contribution in [-0.4, -0.2) is 57.5 Å². The summed E-state index contributed by atoms with van der Waals surface area (Å²) in [5.74, 6) is -0.628. The number of ketones is 1. The molecule has 0 fully saturated rings. The molecule has 0 unspecified atom stereocenters. The molecule has 17 heavy (non-hydrogen) atoms. The average Bonchev–Trinajstić information content (AvgIpc) is 2.28. The Bertz CT molecular complexity index is 240. The molecular formula is C11H21NO5. The maximum Gasteiger partial charge on any atom is 0.313 e. The largest absolute Gasteiger partial charge is 0.466 e. The first kappa shape index (κ1) is 16.0. The van der Waals surface area contributed by atoms with Crippen LogP contribution in [0.4, 0.5) is 0 Å². The van der Waals surface area contributed by atoms with Crippen molar-refractivity contribution in [3.8, 4) is 0 Å². The molecular weight excluding hydrogens is 226 g/mol. The molecule has 0 bridgehead atoms. The van der Waals surface area contributed by atoms with Crippen LogP contribution < -0.4 is 0 Å². The normalized spacial score (nSPS) is 10.9. The molecule has 0 saturated heterocycles. The fraction of sp³-hybridized carbons (Fsp3) is 0.818. The Kier molecular flexibility index (Phi) is 8.57. The van der Waals surface area contributed by atoms with Gasteiger partial charge in [0.25, 0.3) is 0 Å². The van der Waals surface area contributed by atoms with E-state index in [4.69, 9.17) is 9.47 Å². The summed E-state index contributed by atoms with van der Waals surface area (Å²) in [6.45, 7) is 2.46. The molecule has 0 aromatic carbocycles. The molecule has 0 aliphatic heterocycles. The van der Waals surface area contributed by atoms with E-state index in [1.54, 1.807) is 18.9 Å². The zero-order valence-electron chi connectivity index (χ0n) is 10.9. The van der Waals surface area contributed by atoms with Gasteiger partial charge in [-0.2, -0.15) is 0 Å². The molecule has 100 valence electrons. The average molecular weight is 247 g/mol. The SMILES string of the molecule is CCOC(=O)CC(=O)CCN(C)C(OC)OC. The highest BCUT2D eigenvalue weighted by Gasteiger charge is 2.15. The van der Waals surface area contributed by atoms with E-state index in [0.717, 1.165) is 0 Å². The molecule has 0 heterocycles. The lowest BCUT2D eigenvalue weighted by Gasteiger charge is -2.24. The molecule has 0 radical (unpaired) electrons. The van der Waals surface area contributed by atoms with Crippen molar-refractivity contribution in [3.63, 3.8) is 0 Å². The highest BCUT2D eigenvalue weighted by Crippen LogP contribution is 2.01. The van der Waals surface area contributed by atoms with Crippen molar-refractivity contribution in [2.75, 3.05) is 34.4 Å². The third kappa shape index (κ3) is 7.04. The minimum atomic E-state index is -0.481. The smallest absolute Gasteiger partial charge is 0.313 e. The number of Topliss-reactive ketones (excluding diaryl/α,β-unsaturated/α-hetero) is 1. The lowest BCUT2D eigenvalue weighted by molar-refractivity contribution is -0.188.